The summed E-state index contributed by atoms with van der Waals surface area (Å²) < 4.78 is 7.17. The van der Waals surface area contributed by atoms with Gasteiger partial charge in [0.15, 0.2) is 5.69 Å². The third-order valence-electron chi connectivity index (χ3n) is 6.24. The highest BCUT2D eigenvalue weighted by Crippen LogP contribution is 2.20. The van der Waals surface area contributed by atoms with Crippen LogP contribution in [-0.2, 0) is 17.8 Å². The molecule has 5 rings (SSSR count). The molecule has 1 atom stereocenters. The van der Waals surface area contributed by atoms with E-state index in [1.165, 1.54) is 4.68 Å². The number of amides is 1. The zero-order chi connectivity index (χ0) is 24.4. The fraction of sp³-hybridized carbons (Fsp3) is 0.346. The number of nitrogens with one attached hydrogen (secondary N) is 1. The Balaban J connectivity index is 1.58. The van der Waals surface area contributed by atoms with Gasteiger partial charge in [0.25, 0.3) is 17.0 Å². The number of para-hydroxylation sites is 1. The Morgan fingerprint density at radius 1 is 1.11 bits per heavy atom. The average molecular weight is 474 g/mol. The second kappa shape index (κ2) is 9.79. The number of carbonyl (C=O) groups is 1. The summed E-state index contributed by atoms with van der Waals surface area (Å²) >= 11 is 0. The van der Waals surface area contributed by atoms with Crippen molar-refractivity contribution in [3.63, 3.8) is 0 Å². The van der Waals surface area contributed by atoms with Gasteiger partial charge in [-0.15, -0.1) is 0 Å². The van der Waals surface area contributed by atoms with E-state index in [1.807, 2.05) is 13.0 Å². The highest BCUT2D eigenvalue weighted by atomic mass is 16.5. The van der Waals surface area contributed by atoms with Gasteiger partial charge in [-0.05, 0) is 37.5 Å². The number of fused-ring (bicyclic) bond motifs is 2. The number of benzene rings is 2. The first-order valence-electron chi connectivity index (χ1n) is 11.9. The predicted molar refractivity (Wildman–Crippen MR) is 132 cm³/mol. The lowest BCUT2D eigenvalue weighted by Crippen LogP contribution is -2.39. The third kappa shape index (κ3) is 4.59. The van der Waals surface area contributed by atoms with Crippen molar-refractivity contribution in [3.05, 3.63) is 80.8 Å². The molecular weight excluding hydrogens is 446 g/mol. The molecule has 1 fully saturated rings. The number of H-pyrrole nitrogens is 1. The van der Waals surface area contributed by atoms with Crippen molar-refractivity contribution in [2.24, 2.45) is 0 Å². The Bertz CT molecular complexity index is 1500. The highest BCUT2D eigenvalue weighted by molar-refractivity contribution is 6.04. The molecule has 0 radical (unpaired) electrons. The minimum atomic E-state index is -0.336. The number of aromatic amines is 1. The topological polar surface area (TPSA) is 110 Å². The van der Waals surface area contributed by atoms with Crippen molar-refractivity contribution in [1.29, 1.82) is 0 Å². The molecule has 2 aromatic heterocycles. The maximum absolute atomic E-state index is 13.9. The smallest absolute Gasteiger partial charge is 0.275 e. The largest absolute Gasteiger partial charge is 0.376 e. The zero-order valence-corrected chi connectivity index (χ0v) is 19.6. The number of aromatic nitrogens is 4. The molecule has 0 aliphatic carbocycles. The van der Waals surface area contributed by atoms with Crippen LogP contribution in [0.3, 0.4) is 0 Å². The standard InChI is InChI=1S/C26H27N5O4/c1-2-13-31-25(33)19-10-4-3-9-18(19)23(29-31)26(34)30(15-17-8-7-14-35-17)16-22-27-21-12-6-5-11-20(21)24(32)28-22/h3-6,9-12,17H,2,7-8,13-16H2,1H3,(H,27,28,32)/t17-/m0/s1. The Labute approximate surface area is 201 Å². The molecule has 1 saturated heterocycles. The van der Waals surface area contributed by atoms with Crippen LogP contribution in [0.2, 0.25) is 0 Å². The molecule has 0 saturated carbocycles. The number of hydrogen-bond donors (Lipinski definition) is 1. The second-order valence-corrected chi connectivity index (χ2v) is 8.77. The SMILES string of the molecule is CCCn1nc(C(=O)N(Cc2nc3ccccc3c(=O)[nH]2)C[C@@H]2CCCO2)c2ccccc2c1=O. The number of carbonyl (C=O) groups excluding carboxylic acids is 1. The van der Waals surface area contributed by atoms with Crippen molar-refractivity contribution in [3.8, 4) is 0 Å². The summed E-state index contributed by atoms with van der Waals surface area (Å²) in [5.41, 5.74) is 0.297. The molecule has 9 nitrogen and oxygen atoms in total. The van der Waals surface area contributed by atoms with Crippen molar-refractivity contribution in [2.45, 2.75) is 45.4 Å². The molecule has 9 heteroatoms. The predicted octanol–water partition coefficient (Wildman–Crippen LogP) is 2.86. The van der Waals surface area contributed by atoms with Gasteiger partial charge in [-0.2, -0.15) is 5.10 Å². The Morgan fingerprint density at radius 2 is 1.86 bits per heavy atom. The van der Waals surface area contributed by atoms with Crippen LogP contribution in [0.5, 0.6) is 0 Å². The monoisotopic (exact) mass is 473 g/mol. The van der Waals surface area contributed by atoms with Crippen LogP contribution in [0.4, 0.5) is 0 Å². The molecule has 0 unspecified atom stereocenters. The van der Waals surface area contributed by atoms with Gasteiger partial charge in [0, 0.05) is 25.1 Å². The van der Waals surface area contributed by atoms with E-state index in [2.05, 4.69) is 15.1 Å². The first kappa shape index (κ1) is 22.9. The normalized spacial score (nSPS) is 15.6. The van der Waals surface area contributed by atoms with Gasteiger partial charge in [0.05, 0.1) is 28.9 Å². The maximum Gasteiger partial charge on any atom is 0.275 e. The van der Waals surface area contributed by atoms with Crippen LogP contribution in [0, 0.1) is 0 Å². The number of hydrogen-bond acceptors (Lipinski definition) is 6. The fourth-order valence-corrected chi connectivity index (χ4v) is 4.55. The van der Waals surface area contributed by atoms with Crippen LogP contribution in [-0.4, -0.2) is 49.8 Å². The van der Waals surface area contributed by atoms with Crippen LogP contribution >= 0.6 is 0 Å². The van der Waals surface area contributed by atoms with E-state index in [-0.39, 0.29) is 35.4 Å². The molecular formula is C26H27N5O4. The first-order chi connectivity index (χ1) is 17.0. The molecule has 1 N–H and O–H groups in total. The Kier molecular flexibility index (Phi) is 6.41. The van der Waals surface area contributed by atoms with E-state index in [9.17, 15) is 14.4 Å². The molecule has 1 aliphatic rings. The molecule has 1 aliphatic heterocycles. The molecule has 0 bridgehead atoms. The maximum atomic E-state index is 13.9. The average Bonchev–Trinajstić information content (AvgIpc) is 3.38. The third-order valence-corrected chi connectivity index (χ3v) is 6.24. The molecule has 180 valence electrons. The fourth-order valence-electron chi connectivity index (χ4n) is 4.55. The summed E-state index contributed by atoms with van der Waals surface area (Å²) in [5, 5.41) is 5.93. The first-order valence-corrected chi connectivity index (χ1v) is 11.9. The van der Waals surface area contributed by atoms with E-state index in [1.54, 1.807) is 47.4 Å². The number of nitrogens with zero attached hydrogens (tertiary/aromatic N) is 4. The summed E-state index contributed by atoms with van der Waals surface area (Å²) in [7, 11) is 0. The highest BCUT2D eigenvalue weighted by Gasteiger charge is 2.27. The lowest BCUT2D eigenvalue weighted by molar-refractivity contribution is 0.0496. The summed E-state index contributed by atoms with van der Waals surface area (Å²) in [6, 6.07) is 14.1. The van der Waals surface area contributed by atoms with Crippen molar-refractivity contribution in [1.82, 2.24) is 24.6 Å². The van der Waals surface area contributed by atoms with Crippen LogP contribution in [0.15, 0.2) is 58.1 Å². The van der Waals surface area contributed by atoms with Gasteiger partial charge in [-0.1, -0.05) is 37.3 Å². The lowest BCUT2D eigenvalue weighted by atomic mass is 10.1. The van der Waals surface area contributed by atoms with Gasteiger partial charge in [-0.3, -0.25) is 14.4 Å². The van der Waals surface area contributed by atoms with Gasteiger partial charge < -0.3 is 14.6 Å². The van der Waals surface area contributed by atoms with E-state index in [0.29, 0.717) is 53.6 Å². The Hall–Kier alpha value is -3.85. The lowest BCUT2D eigenvalue weighted by Gasteiger charge is -2.25. The zero-order valence-electron chi connectivity index (χ0n) is 19.6. The van der Waals surface area contributed by atoms with E-state index in [0.717, 1.165) is 12.8 Å². The second-order valence-electron chi connectivity index (χ2n) is 8.77. The summed E-state index contributed by atoms with van der Waals surface area (Å²) in [5.74, 6) is 0.0450. The number of aryl methyl sites for hydroxylation is 1. The van der Waals surface area contributed by atoms with Gasteiger partial charge >= 0.3 is 0 Å². The van der Waals surface area contributed by atoms with Crippen LogP contribution in [0.25, 0.3) is 21.7 Å². The molecule has 4 aromatic rings. The van der Waals surface area contributed by atoms with Crippen molar-refractivity contribution < 1.29 is 9.53 Å². The van der Waals surface area contributed by atoms with Crippen molar-refractivity contribution in [2.75, 3.05) is 13.2 Å². The molecule has 35 heavy (non-hydrogen) atoms. The quantitative estimate of drug-likeness (QED) is 0.442. The molecule has 0 spiro atoms. The number of rotatable bonds is 7. The van der Waals surface area contributed by atoms with Crippen LogP contribution < -0.4 is 11.1 Å². The minimum Gasteiger partial charge on any atom is -0.376 e. The van der Waals surface area contributed by atoms with E-state index >= 15 is 0 Å². The molecule has 3 heterocycles. The molecule has 2 aromatic carbocycles. The summed E-state index contributed by atoms with van der Waals surface area (Å²) in [4.78, 5) is 48.5. The Morgan fingerprint density at radius 3 is 2.60 bits per heavy atom. The van der Waals surface area contributed by atoms with Gasteiger partial charge in [-0.25, -0.2) is 9.67 Å². The van der Waals surface area contributed by atoms with E-state index in [4.69, 9.17) is 4.74 Å². The molecule has 1 amide bonds. The van der Waals surface area contributed by atoms with Crippen molar-refractivity contribution >= 4 is 27.6 Å². The van der Waals surface area contributed by atoms with Gasteiger partial charge in [0.1, 0.15) is 5.82 Å². The van der Waals surface area contributed by atoms with Crippen LogP contribution in [0.1, 0.15) is 42.5 Å². The summed E-state index contributed by atoms with van der Waals surface area (Å²) in [6.07, 6.45) is 2.37. The minimum absolute atomic E-state index is 0.0850. The number of ether oxygens (including phenoxy) is 1. The van der Waals surface area contributed by atoms with E-state index < -0.39 is 0 Å². The summed E-state index contributed by atoms with van der Waals surface area (Å²) in [6.45, 7) is 3.44. The van der Waals surface area contributed by atoms with Gasteiger partial charge in [0.2, 0.25) is 0 Å².